The molecule has 1 aromatic heterocycles. The Balaban J connectivity index is 1.40. The second-order valence-electron chi connectivity index (χ2n) is 8.84. The molecule has 2 amide bonds. The SMILES string of the molecule is CC(CS(=O)(=O)O)n1nnnc1SCC1(C(=O)O)CS[C@@H]2C(NC(=O)C(O)c3ccccc3)C(=O)N2C1. The molecular weight excluding hydrogens is 548 g/mol. The number of β-lactam (4-membered cyclic amide) rings is 1. The molecule has 1 aromatic carbocycles. The number of carbonyl (C=O) groups excluding carboxylic acids is 2. The smallest absolute Gasteiger partial charge is 0.313 e. The number of carbonyl (C=O) groups is 3. The Labute approximate surface area is 219 Å². The molecule has 0 bridgehead atoms. The molecule has 4 rings (SSSR count). The largest absolute Gasteiger partial charge is 0.481 e. The molecule has 0 saturated carbocycles. The van der Waals surface area contributed by atoms with E-state index in [1.807, 2.05) is 0 Å². The van der Waals surface area contributed by atoms with Crippen molar-refractivity contribution < 1.29 is 37.6 Å². The predicted octanol–water partition coefficient (Wildman–Crippen LogP) is -0.581. The summed E-state index contributed by atoms with van der Waals surface area (Å²) in [6.45, 7) is 1.38. The van der Waals surface area contributed by atoms with E-state index in [1.54, 1.807) is 30.3 Å². The molecule has 3 heterocycles. The molecule has 5 atom stereocenters. The fourth-order valence-corrected chi connectivity index (χ4v) is 7.65. The molecule has 2 aliphatic rings. The van der Waals surface area contributed by atoms with Gasteiger partial charge in [0.1, 0.15) is 16.8 Å². The maximum Gasteiger partial charge on any atom is 0.313 e. The first-order valence-electron chi connectivity index (χ1n) is 11.0. The molecule has 4 unspecified atom stereocenters. The highest BCUT2D eigenvalue weighted by Crippen LogP contribution is 2.44. The standard InChI is InChI=1S/C20H24N6O8S3/c1-11(7-37(32,33)34)26-19(22-23-24-26)36-10-20(18(30)31)8-25-16(29)13(17(25)35-9-20)21-15(28)14(27)12-5-3-2-4-6-12/h2-6,11,13-14,17,27H,7-10H2,1H3,(H,21,28)(H,30,31)(H,32,33,34)/t11?,13?,14?,17-,20?/m1/s1. The number of aromatic nitrogens is 4. The van der Waals surface area contributed by atoms with Gasteiger partial charge in [0.25, 0.3) is 16.0 Å². The monoisotopic (exact) mass is 572 g/mol. The van der Waals surface area contributed by atoms with Gasteiger partial charge in [-0.15, -0.1) is 16.9 Å². The zero-order valence-corrected chi connectivity index (χ0v) is 21.8. The number of carboxylic acids is 1. The molecule has 0 aliphatic carbocycles. The van der Waals surface area contributed by atoms with Crippen molar-refractivity contribution in [3.63, 3.8) is 0 Å². The van der Waals surface area contributed by atoms with Crippen LogP contribution in [0, 0.1) is 5.41 Å². The highest BCUT2D eigenvalue weighted by atomic mass is 32.2. The van der Waals surface area contributed by atoms with Crippen molar-refractivity contribution in [2.45, 2.75) is 35.6 Å². The summed E-state index contributed by atoms with van der Waals surface area (Å²) in [5, 5.41) is 33.7. The lowest BCUT2D eigenvalue weighted by molar-refractivity contribution is -0.158. The average molecular weight is 573 g/mol. The average Bonchev–Trinajstić information content (AvgIpc) is 3.33. The van der Waals surface area contributed by atoms with Crippen LogP contribution in [0.25, 0.3) is 0 Å². The number of aliphatic hydroxyl groups is 1. The molecule has 200 valence electrons. The Hall–Kier alpha value is -2.73. The summed E-state index contributed by atoms with van der Waals surface area (Å²) in [4.78, 5) is 39.0. The van der Waals surface area contributed by atoms with Crippen molar-refractivity contribution >= 4 is 51.4 Å². The number of thioether (sulfide) groups is 2. The third kappa shape index (κ3) is 5.74. The highest BCUT2D eigenvalue weighted by Gasteiger charge is 2.57. The predicted molar refractivity (Wildman–Crippen MR) is 131 cm³/mol. The summed E-state index contributed by atoms with van der Waals surface area (Å²) in [5.41, 5.74) is -0.974. The maximum atomic E-state index is 12.8. The van der Waals surface area contributed by atoms with Crippen molar-refractivity contribution in [1.29, 1.82) is 0 Å². The number of nitrogens with one attached hydrogen (secondary N) is 1. The molecule has 0 spiro atoms. The van der Waals surface area contributed by atoms with Crippen molar-refractivity contribution in [3.8, 4) is 0 Å². The number of amides is 2. The van der Waals surface area contributed by atoms with Crippen LogP contribution >= 0.6 is 23.5 Å². The van der Waals surface area contributed by atoms with E-state index in [4.69, 9.17) is 4.55 Å². The van der Waals surface area contributed by atoms with Crippen molar-refractivity contribution in [3.05, 3.63) is 35.9 Å². The fraction of sp³-hybridized carbons (Fsp3) is 0.500. The number of rotatable bonds is 10. The minimum Gasteiger partial charge on any atom is -0.481 e. The van der Waals surface area contributed by atoms with E-state index in [0.29, 0.717) is 5.56 Å². The van der Waals surface area contributed by atoms with Crippen molar-refractivity contribution in [1.82, 2.24) is 30.4 Å². The van der Waals surface area contributed by atoms with Crippen LogP contribution in [0.15, 0.2) is 35.5 Å². The number of nitrogens with zero attached hydrogens (tertiary/aromatic N) is 5. The van der Waals surface area contributed by atoms with E-state index in [1.165, 1.54) is 28.3 Å². The third-order valence-electron chi connectivity index (χ3n) is 6.07. The summed E-state index contributed by atoms with van der Waals surface area (Å²) >= 11 is 2.21. The summed E-state index contributed by atoms with van der Waals surface area (Å²) < 4.78 is 32.7. The van der Waals surface area contributed by atoms with E-state index in [9.17, 15) is 33.0 Å². The van der Waals surface area contributed by atoms with E-state index in [2.05, 4.69) is 20.8 Å². The maximum absolute atomic E-state index is 12.8. The molecule has 17 heteroatoms. The van der Waals surface area contributed by atoms with Gasteiger partial charge in [-0.2, -0.15) is 8.42 Å². The highest BCUT2D eigenvalue weighted by molar-refractivity contribution is 8.00. The van der Waals surface area contributed by atoms with Gasteiger partial charge in [-0.25, -0.2) is 4.68 Å². The first kappa shape index (κ1) is 27.3. The quantitative estimate of drug-likeness (QED) is 0.160. The van der Waals surface area contributed by atoms with Gasteiger partial charge in [-0.3, -0.25) is 18.9 Å². The molecular formula is C20H24N6O8S3. The van der Waals surface area contributed by atoms with Crippen LogP contribution < -0.4 is 5.32 Å². The number of tetrazole rings is 1. The van der Waals surface area contributed by atoms with E-state index in [0.717, 1.165) is 11.8 Å². The molecule has 0 radical (unpaired) electrons. The van der Waals surface area contributed by atoms with Gasteiger partial charge in [0.15, 0.2) is 6.10 Å². The van der Waals surface area contributed by atoms with E-state index in [-0.39, 0.29) is 23.2 Å². The molecule has 2 aliphatic heterocycles. The number of fused-ring (bicyclic) bond motifs is 1. The number of aliphatic carboxylic acids is 1. The number of benzene rings is 1. The Morgan fingerprint density at radius 2 is 2.03 bits per heavy atom. The lowest BCUT2D eigenvalue weighted by atomic mass is 9.89. The number of aliphatic hydroxyl groups excluding tert-OH is 1. The number of hydrogen-bond acceptors (Lipinski definition) is 11. The molecule has 2 saturated heterocycles. The van der Waals surface area contributed by atoms with Crippen LogP contribution in [0.3, 0.4) is 0 Å². The fourth-order valence-electron chi connectivity index (χ4n) is 4.06. The number of carboxylic acid groups (broad SMARTS) is 1. The van der Waals surface area contributed by atoms with E-state index >= 15 is 0 Å². The molecule has 14 nitrogen and oxygen atoms in total. The topological polar surface area (TPSA) is 205 Å². The van der Waals surface area contributed by atoms with Crippen LogP contribution in [-0.2, 0) is 24.5 Å². The Morgan fingerprint density at radius 3 is 2.68 bits per heavy atom. The van der Waals surface area contributed by atoms with Gasteiger partial charge >= 0.3 is 5.97 Å². The van der Waals surface area contributed by atoms with Crippen LogP contribution in [0.5, 0.6) is 0 Å². The lowest BCUT2D eigenvalue weighted by Crippen LogP contribution is -2.74. The van der Waals surface area contributed by atoms with Crippen LogP contribution in [0.1, 0.15) is 24.6 Å². The van der Waals surface area contributed by atoms with Gasteiger partial charge in [-0.05, 0) is 22.9 Å². The molecule has 2 aromatic rings. The summed E-state index contributed by atoms with van der Waals surface area (Å²) in [5.74, 6) is -2.82. The Kier molecular flexibility index (Phi) is 7.80. The zero-order valence-electron chi connectivity index (χ0n) is 19.4. The molecule has 4 N–H and O–H groups in total. The summed E-state index contributed by atoms with van der Waals surface area (Å²) in [7, 11) is -4.29. The third-order valence-corrected chi connectivity index (χ3v) is 9.78. The normalized spacial score (nSPS) is 25.1. The van der Waals surface area contributed by atoms with Gasteiger partial charge < -0.3 is 20.4 Å². The van der Waals surface area contributed by atoms with Crippen molar-refractivity contribution in [2.24, 2.45) is 5.41 Å². The lowest BCUT2D eigenvalue weighted by Gasteiger charge is -2.53. The van der Waals surface area contributed by atoms with Crippen molar-refractivity contribution in [2.75, 3.05) is 23.8 Å². The summed E-state index contributed by atoms with van der Waals surface area (Å²) in [6.07, 6.45) is -1.44. The number of hydrogen-bond donors (Lipinski definition) is 4. The van der Waals surface area contributed by atoms with Gasteiger partial charge in [0, 0.05) is 18.1 Å². The molecule has 37 heavy (non-hydrogen) atoms. The van der Waals surface area contributed by atoms with Gasteiger partial charge in [-0.1, -0.05) is 42.1 Å². The Bertz CT molecular complexity index is 1290. The van der Waals surface area contributed by atoms with Crippen LogP contribution in [-0.4, -0.2) is 101 Å². The van der Waals surface area contributed by atoms with Gasteiger partial charge in [0.2, 0.25) is 11.1 Å². The van der Waals surface area contributed by atoms with E-state index < -0.39 is 62.6 Å². The van der Waals surface area contributed by atoms with Crippen LogP contribution in [0.2, 0.25) is 0 Å². The first-order chi connectivity index (χ1) is 17.4. The zero-order chi connectivity index (χ0) is 27.0. The minimum atomic E-state index is -4.29. The van der Waals surface area contributed by atoms with Gasteiger partial charge in [0.05, 0.1) is 11.8 Å². The summed E-state index contributed by atoms with van der Waals surface area (Å²) in [6, 6.07) is 6.59. The minimum absolute atomic E-state index is 0.0193. The first-order valence-corrected chi connectivity index (χ1v) is 14.6. The Morgan fingerprint density at radius 1 is 1.32 bits per heavy atom. The second kappa shape index (κ2) is 10.6. The second-order valence-corrected chi connectivity index (χ2v) is 12.4. The molecule has 2 fully saturated rings. The van der Waals surface area contributed by atoms with Crippen LogP contribution in [0.4, 0.5) is 0 Å².